The van der Waals surface area contributed by atoms with Gasteiger partial charge in [0.15, 0.2) is 0 Å². The molecule has 2 aromatic carbocycles. The first-order valence-corrected chi connectivity index (χ1v) is 9.64. The van der Waals surface area contributed by atoms with Crippen LogP contribution in [0.5, 0.6) is 0 Å². The third-order valence-electron chi connectivity index (χ3n) is 5.33. The van der Waals surface area contributed by atoms with Crippen LogP contribution in [0.25, 0.3) is 0 Å². The molecule has 0 radical (unpaired) electrons. The molecule has 1 atom stereocenters. The van der Waals surface area contributed by atoms with Gasteiger partial charge in [-0.15, -0.1) is 0 Å². The minimum Gasteiger partial charge on any atom is -0.382 e. The second kappa shape index (κ2) is 8.10. The number of hydrogen-bond acceptors (Lipinski definition) is 4. The molecule has 0 aliphatic carbocycles. The monoisotopic (exact) mass is 381 g/mol. The zero-order valence-electron chi connectivity index (χ0n) is 16.0. The highest BCUT2D eigenvalue weighted by Gasteiger charge is 2.33. The Bertz CT molecular complexity index is 856. The predicted molar refractivity (Wildman–Crippen MR) is 105 cm³/mol. The van der Waals surface area contributed by atoms with Crippen LogP contribution in [0.4, 0.5) is 4.39 Å². The summed E-state index contributed by atoms with van der Waals surface area (Å²) in [7, 11) is 0. The second-order valence-corrected chi connectivity index (χ2v) is 7.43. The van der Waals surface area contributed by atoms with Gasteiger partial charge in [-0.25, -0.2) is 4.39 Å². The third-order valence-corrected chi connectivity index (χ3v) is 5.33. The number of carbonyl (C=O) groups is 1. The zero-order chi connectivity index (χ0) is 19.5. The lowest BCUT2D eigenvalue weighted by Crippen LogP contribution is -2.51. The molecule has 1 fully saturated rings. The summed E-state index contributed by atoms with van der Waals surface area (Å²) in [6, 6.07) is 14.7. The van der Waals surface area contributed by atoms with Crippen molar-refractivity contribution in [3.05, 3.63) is 71.0 Å². The van der Waals surface area contributed by atoms with E-state index < -0.39 is 6.10 Å². The van der Waals surface area contributed by atoms with Gasteiger partial charge in [0.25, 0.3) is 5.91 Å². The SMILES string of the molecule is Cc1ccc(CN2CCN(C(=O)C3CC(c4ccc(F)cc4)=NO3)CC2)cc1. The van der Waals surface area contributed by atoms with E-state index in [0.717, 1.165) is 25.2 Å². The Labute approximate surface area is 164 Å². The van der Waals surface area contributed by atoms with Crippen molar-refractivity contribution in [1.29, 1.82) is 0 Å². The molecule has 0 spiro atoms. The number of carbonyl (C=O) groups excluding carboxylic acids is 1. The molecule has 2 aliphatic heterocycles. The van der Waals surface area contributed by atoms with Crippen molar-refractivity contribution in [2.75, 3.05) is 26.2 Å². The summed E-state index contributed by atoms with van der Waals surface area (Å²) in [5.74, 6) is -0.310. The first kappa shape index (κ1) is 18.6. The van der Waals surface area contributed by atoms with E-state index in [1.54, 1.807) is 12.1 Å². The van der Waals surface area contributed by atoms with Crippen LogP contribution in [0, 0.1) is 12.7 Å². The van der Waals surface area contributed by atoms with Gasteiger partial charge >= 0.3 is 0 Å². The van der Waals surface area contributed by atoms with Crippen molar-refractivity contribution >= 4 is 11.6 Å². The highest BCUT2D eigenvalue weighted by molar-refractivity contribution is 6.04. The van der Waals surface area contributed by atoms with Gasteiger partial charge in [0.05, 0.1) is 5.71 Å². The van der Waals surface area contributed by atoms with Gasteiger partial charge in [-0.1, -0.05) is 47.1 Å². The van der Waals surface area contributed by atoms with Crippen molar-refractivity contribution in [2.45, 2.75) is 26.0 Å². The largest absolute Gasteiger partial charge is 0.382 e. The van der Waals surface area contributed by atoms with Crippen LogP contribution in [0.3, 0.4) is 0 Å². The maximum absolute atomic E-state index is 13.1. The van der Waals surface area contributed by atoms with Crippen molar-refractivity contribution in [3.63, 3.8) is 0 Å². The van der Waals surface area contributed by atoms with E-state index in [1.165, 1.54) is 23.3 Å². The summed E-state index contributed by atoms with van der Waals surface area (Å²) in [5, 5.41) is 4.05. The average Bonchev–Trinajstić information content (AvgIpc) is 3.20. The van der Waals surface area contributed by atoms with Crippen LogP contribution in [0.2, 0.25) is 0 Å². The predicted octanol–water partition coefficient (Wildman–Crippen LogP) is 2.97. The highest BCUT2D eigenvalue weighted by atomic mass is 19.1. The fourth-order valence-corrected chi connectivity index (χ4v) is 3.60. The van der Waals surface area contributed by atoms with E-state index in [-0.39, 0.29) is 11.7 Å². The molecule has 28 heavy (non-hydrogen) atoms. The van der Waals surface area contributed by atoms with E-state index >= 15 is 0 Å². The Hall–Kier alpha value is -2.73. The lowest BCUT2D eigenvalue weighted by atomic mass is 10.0. The van der Waals surface area contributed by atoms with Gasteiger partial charge in [-0.3, -0.25) is 9.69 Å². The zero-order valence-corrected chi connectivity index (χ0v) is 16.0. The van der Waals surface area contributed by atoms with E-state index in [2.05, 4.69) is 41.2 Å². The molecule has 2 aliphatic rings. The van der Waals surface area contributed by atoms with Crippen molar-refractivity contribution < 1.29 is 14.0 Å². The Morgan fingerprint density at radius 3 is 2.43 bits per heavy atom. The van der Waals surface area contributed by atoms with Gasteiger partial charge in [-0.2, -0.15) is 0 Å². The molecule has 1 amide bonds. The summed E-state index contributed by atoms with van der Waals surface area (Å²) >= 11 is 0. The number of hydrogen-bond donors (Lipinski definition) is 0. The molecule has 5 nitrogen and oxygen atoms in total. The number of halogens is 1. The van der Waals surface area contributed by atoms with Crippen molar-refractivity contribution in [2.24, 2.45) is 5.16 Å². The van der Waals surface area contributed by atoms with Crippen LogP contribution in [-0.2, 0) is 16.2 Å². The summed E-state index contributed by atoms with van der Waals surface area (Å²) in [5.41, 5.74) is 4.04. The van der Waals surface area contributed by atoms with E-state index in [4.69, 9.17) is 4.84 Å². The molecule has 2 aromatic rings. The number of aryl methyl sites for hydroxylation is 1. The molecule has 0 bridgehead atoms. The Morgan fingerprint density at radius 2 is 1.75 bits per heavy atom. The number of benzene rings is 2. The molecule has 0 aromatic heterocycles. The van der Waals surface area contributed by atoms with Gasteiger partial charge < -0.3 is 9.74 Å². The topological polar surface area (TPSA) is 45.1 Å². The maximum atomic E-state index is 13.1. The summed E-state index contributed by atoms with van der Waals surface area (Å²) in [6.45, 7) is 6.06. The fourth-order valence-electron chi connectivity index (χ4n) is 3.60. The number of oxime groups is 1. The lowest BCUT2D eigenvalue weighted by Gasteiger charge is -2.35. The molecule has 4 rings (SSSR count). The average molecular weight is 381 g/mol. The first-order valence-electron chi connectivity index (χ1n) is 9.64. The standard InChI is InChI=1S/C22H24FN3O2/c1-16-2-4-17(5-3-16)15-25-10-12-26(13-11-25)22(27)21-14-20(24-28-21)18-6-8-19(23)9-7-18/h2-9,21H,10-15H2,1H3. The van der Waals surface area contributed by atoms with E-state index in [0.29, 0.717) is 25.2 Å². The molecule has 1 saturated heterocycles. The number of piperazine rings is 1. The number of rotatable bonds is 4. The minimum absolute atomic E-state index is 0.0177. The van der Waals surface area contributed by atoms with Crippen LogP contribution in [0.15, 0.2) is 53.7 Å². The second-order valence-electron chi connectivity index (χ2n) is 7.43. The van der Waals surface area contributed by atoms with Crippen molar-refractivity contribution in [1.82, 2.24) is 9.80 Å². The van der Waals surface area contributed by atoms with Crippen LogP contribution in [0.1, 0.15) is 23.1 Å². The van der Waals surface area contributed by atoms with Gasteiger partial charge in [0, 0.05) is 39.1 Å². The fraction of sp³-hybridized carbons (Fsp3) is 0.364. The van der Waals surface area contributed by atoms with Gasteiger partial charge in [0.1, 0.15) is 5.82 Å². The first-order chi connectivity index (χ1) is 13.6. The van der Waals surface area contributed by atoms with E-state index in [1.807, 2.05) is 4.90 Å². The normalized spacial score (nSPS) is 20.0. The number of amides is 1. The Kier molecular flexibility index (Phi) is 5.39. The Morgan fingerprint density at radius 1 is 1.07 bits per heavy atom. The van der Waals surface area contributed by atoms with Crippen molar-refractivity contribution in [3.8, 4) is 0 Å². The molecular weight excluding hydrogens is 357 g/mol. The lowest BCUT2D eigenvalue weighted by molar-refractivity contribution is -0.143. The molecule has 146 valence electrons. The molecule has 1 unspecified atom stereocenters. The molecular formula is C22H24FN3O2. The molecule has 2 heterocycles. The van der Waals surface area contributed by atoms with Crippen LogP contribution < -0.4 is 0 Å². The van der Waals surface area contributed by atoms with Gasteiger partial charge in [-0.05, 0) is 30.2 Å². The Balaban J connectivity index is 1.27. The van der Waals surface area contributed by atoms with Crippen LogP contribution in [-0.4, -0.2) is 53.7 Å². The summed E-state index contributed by atoms with van der Waals surface area (Å²) in [6.07, 6.45) is -0.155. The molecule has 0 saturated carbocycles. The van der Waals surface area contributed by atoms with Gasteiger partial charge in [0.2, 0.25) is 6.10 Å². The number of nitrogens with zero attached hydrogens (tertiary/aromatic N) is 3. The maximum Gasteiger partial charge on any atom is 0.266 e. The smallest absolute Gasteiger partial charge is 0.266 e. The summed E-state index contributed by atoms with van der Waals surface area (Å²) in [4.78, 5) is 22.4. The highest BCUT2D eigenvalue weighted by Crippen LogP contribution is 2.20. The van der Waals surface area contributed by atoms with E-state index in [9.17, 15) is 9.18 Å². The van der Waals surface area contributed by atoms with Crippen LogP contribution >= 0.6 is 0 Å². The molecule has 0 N–H and O–H groups in total. The third kappa shape index (κ3) is 4.22. The summed E-state index contributed by atoms with van der Waals surface area (Å²) < 4.78 is 13.1. The minimum atomic E-state index is -0.580. The molecule has 6 heteroatoms. The quantitative estimate of drug-likeness (QED) is 0.818.